The lowest BCUT2D eigenvalue weighted by molar-refractivity contribution is -0.385. The molecular formula is C47H31N5O4. The van der Waals surface area contributed by atoms with Crippen molar-refractivity contribution in [2.75, 3.05) is 0 Å². The topological polar surface area (TPSA) is 109 Å². The number of allylic oxidation sites excluding steroid dienone is 1. The van der Waals surface area contributed by atoms with Crippen molar-refractivity contribution in [2.24, 2.45) is 0 Å². The molecule has 0 spiro atoms. The number of hydrogen-bond acceptors (Lipinski definition) is 5. The second kappa shape index (κ2) is 13.0. The number of fused-ring (bicyclic) bond motifs is 7. The fraction of sp³-hybridized carbons (Fsp3) is 0.0426. The van der Waals surface area contributed by atoms with Gasteiger partial charge in [0.05, 0.1) is 37.8 Å². The number of para-hydroxylation sites is 2. The molecule has 0 saturated heterocycles. The summed E-state index contributed by atoms with van der Waals surface area (Å²) < 4.78 is 4.79. The summed E-state index contributed by atoms with van der Waals surface area (Å²) in [7, 11) is 0. The third kappa shape index (κ3) is 5.36. The summed E-state index contributed by atoms with van der Waals surface area (Å²) in [4.78, 5) is 27.0. The first kappa shape index (κ1) is 33.0. The van der Waals surface area contributed by atoms with Crippen LogP contribution in [0.1, 0.15) is 17.7 Å². The normalized spacial score (nSPS) is 12.4. The van der Waals surface area contributed by atoms with Gasteiger partial charge in [-0.3, -0.25) is 20.2 Å². The lowest BCUT2D eigenvalue weighted by Gasteiger charge is -2.15. The molecular weight excluding hydrogens is 699 g/mol. The molecule has 0 amide bonds. The first-order chi connectivity index (χ1) is 27.4. The average molecular weight is 730 g/mol. The quantitative estimate of drug-likeness (QED) is 0.120. The second-order valence-electron chi connectivity index (χ2n) is 14.0. The van der Waals surface area contributed by atoms with E-state index >= 15 is 0 Å². The Kier molecular flexibility index (Phi) is 7.67. The number of non-ortho nitro benzene ring substituents is 2. The van der Waals surface area contributed by atoms with Crippen LogP contribution in [0.2, 0.25) is 0 Å². The minimum atomic E-state index is -0.424. The van der Waals surface area contributed by atoms with Gasteiger partial charge in [0.25, 0.3) is 11.4 Å². The summed E-state index contributed by atoms with van der Waals surface area (Å²) >= 11 is 0. The number of aryl methyl sites for hydroxylation is 1. The van der Waals surface area contributed by atoms with Gasteiger partial charge in [0, 0.05) is 68.6 Å². The summed E-state index contributed by atoms with van der Waals surface area (Å²) in [6, 6.07) is 48.7. The van der Waals surface area contributed by atoms with Crippen molar-refractivity contribution in [1.82, 2.24) is 14.1 Å². The van der Waals surface area contributed by atoms with Gasteiger partial charge in [-0.25, -0.2) is 4.98 Å². The van der Waals surface area contributed by atoms with E-state index in [2.05, 4.69) is 112 Å². The van der Waals surface area contributed by atoms with E-state index in [1.807, 2.05) is 12.1 Å². The van der Waals surface area contributed by atoms with E-state index in [4.69, 9.17) is 4.98 Å². The predicted octanol–water partition coefficient (Wildman–Crippen LogP) is 11.9. The Morgan fingerprint density at radius 2 is 1.12 bits per heavy atom. The summed E-state index contributed by atoms with van der Waals surface area (Å²) in [5.74, 6) is 0. The van der Waals surface area contributed by atoms with Crippen molar-refractivity contribution in [2.45, 2.75) is 12.8 Å². The highest BCUT2D eigenvalue weighted by molar-refractivity contribution is 6.19. The molecule has 0 saturated carbocycles. The fourth-order valence-electron chi connectivity index (χ4n) is 8.20. The van der Waals surface area contributed by atoms with Crippen molar-refractivity contribution < 1.29 is 9.85 Å². The van der Waals surface area contributed by atoms with E-state index in [0.717, 1.165) is 57.3 Å². The number of nitro benzene ring substituents is 2. The van der Waals surface area contributed by atoms with Crippen LogP contribution in [0.15, 0.2) is 158 Å². The van der Waals surface area contributed by atoms with Crippen molar-refractivity contribution in [3.63, 3.8) is 0 Å². The highest BCUT2D eigenvalue weighted by Gasteiger charge is 2.24. The van der Waals surface area contributed by atoms with Crippen LogP contribution in [0.25, 0.3) is 83.8 Å². The number of nitro groups is 2. The van der Waals surface area contributed by atoms with Crippen LogP contribution in [-0.4, -0.2) is 24.0 Å². The minimum absolute atomic E-state index is 0.0104. The molecule has 0 fully saturated rings. The third-order valence-electron chi connectivity index (χ3n) is 10.8. The van der Waals surface area contributed by atoms with E-state index in [0.29, 0.717) is 22.5 Å². The third-order valence-corrected chi connectivity index (χ3v) is 10.8. The highest BCUT2D eigenvalue weighted by Crippen LogP contribution is 2.43. The first-order valence-corrected chi connectivity index (χ1v) is 18.4. The number of aromatic nitrogens is 3. The molecule has 0 bridgehead atoms. The summed E-state index contributed by atoms with van der Waals surface area (Å²) in [5, 5.41) is 26.5. The van der Waals surface area contributed by atoms with E-state index < -0.39 is 9.85 Å². The maximum Gasteiger partial charge on any atom is 0.269 e. The lowest BCUT2D eigenvalue weighted by atomic mass is 9.99. The Hall–Kier alpha value is -7.65. The number of nitrogens with zero attached hydrogens (tertiary/aromatic N) is 5. The Morgan fingerprint density at radius 1 is 0.518 bits per heavy atom. The maximum absolute atomic E-state index is 11.4. The molecule has 0 unspecified atom stereocenters. The SMILES string of the molecule is O=[N+]([O-])c1ccc(-c2cc(-c3cccc(-n4c5ccccc5c5ccc6c7c(n(-c8ccccc8)c6c54)C=CCC7)c3)cc(-c3ccc([N+](=O)[O-])cc3)n2)cc1. The molecule has 0 N–H and O–H groups in total. The van der Waals surface area contributed by atoms with Gasteiger partial charge < -0.3 is 9.13 Å². The average Bonchev–Trinajstić information content (AvgIpc) is 3.77. The molecule has 3 heterocycles. The Balaban J connectivity index is 1.21. The summed E-state index contributed by atoms with van der Waals surface area (Å²) in [6.07, 6.45) is 6.50. The molecule has 268 valence electrons. The fourth-order valence-corrected chi connectivity index (χ4v) is 8.20. The molecule has 9 nitrogen and oxygen atoms in total. The van der Waals surface area contributed by atoms with Gasteiger partial charge in [0.15, 0.2) is 0 Å². The largest absolute Gasteiger partial charge is 0.308 e. The molecule has 10 rings (SSSR count). The molecule has 1 aliphatic carbocycles. The second-order valence-corrected chi connectivity index (χ2v) is 14.0. The molecule has 3 aromatic heterocycles. The number of rotatable bonds is 7. The zero-order chi connectivity index (χ0) is 37.9. The van der Waals surface area contributed by atoms with Crippen molar-refractivity contribution in [3.05, 3.63) is 189 Å². The standard InChI is InChI=1S/C47H31N5O4/c53-51(54)35-21-17-30(18-22-35)42-28-33(29-43(48-42)31-19-23-36(24-20-31)52(55)56)32-9-8-12-37(27-32)50-45-16-7-5-14-39(45)41-26-25-40-38-13-4-6-15-44(38)49(46(40)47(41)50)34-10-2-1-3-11-34/h1-3,5-12,14-29H,4,13H2. The van der Waals surface area contributed by atoms with Gasteiger partial charge in [-0.05, 0) is 102 Å². The number of pyridine rings is 1. The Morgan fingerprint density at radius 3 is 1.80 bits per heavy atom. The van der Waals surface area contributed by atoms with E-state index in [-0.39, 0.29) is 11.4 Å². The van der Waals surface area contributed by atoms with E-state index in [1.54, 1.807) is 24.3 Å². The van der Waals surface area contributed by atoms with Crippen molar-refractivity contribution in [1.29, 1.82) is 0 Å². The molecule has 0 atom stereocenters. The smallest absolute Gasteiger partial charge is 0.269 e. The molecule has 1 aliphatic rings. The maximum atomic E-state index is 11.4. The predicted molar refractivity (Wildman–Crippen MR) is 222 cm³/mol. The lowest BCUT2D eigenvalue weighted by Crippen LogP contribution is -2.01. The molecule has 6 aromatic carbocycles. The summed E-state index contributed by atoms with van der Waals surface area (Å²) in [6.45, 7) is 0. The van der Waals surface area contributed by atoms with Gasteiger partial charge >= 0.3 is 0 Å². The van der Waals surface area contributed by atoms with Gasteiger partial charge in [-0.2, -0.15) is 0 Å². The molecule has 9 aromatic rings. The zero-order valence-corrected chi connectivity index (χ0v) is 29.9. The Bertz CT molecular complexity index is 2990. The highest BCUT2D eigenvalue weighted by atomic mass is 16.6. The monoisotopic (exact) mass is 729 g/mol. The number of benzene rings is 6. The molecule has 9 heteroatoms. The van der Waals surface area contributed by atoms with Crippen molar-refractivity contribution in [3.8, 4) is 45.0 Å². The van der Waals surface area contributed by atoms with Gasteiger partial charge in [0.1, 0.15) is 0 Å². The van der Waals surface area contributed by atoms with Crippen LogP contribution in [0, 0.1) is 20.2 Å². The summed E-state index contributed by atoms with van der Waals surface area (Å²) in [5.41, 5.74) is 12.5. The molecule has 0 radical (unpaired) electrons. The van der Waals surface area contributed by atoms with Crippen LogP contribution < -0.4 is 0 Å². The van der Waals surface area contributed by atoms with E-state index in [9.17, 15) is 20.2 Å². The van der Waals surface area contributed by atoms with Crippen LogP contribution >= 0.6 is 0 Å². The van der Waals surface area contributed by atoms with Gasteiger partial charge in [0.2, 0.25) is 0 Å². The zero-order valence-electron chi connectivity index (χ0n) is 29.9. The van der Waals surface area contributed by atoms with Crippen molar-refractivity contribution >= 4 is 50.2 Å². The first-order valence-electron chi connectivity index (χ1n) is 18.4. The van der Waals surface area contributed by atoms with Gasteiger partial charge in [-0.15, -0.1) is 0 Å². The van der Waals surface area contributed by atoms with E-state index in [1.165, 1.54) is 46.3 Å². The Labute approximate surface area is 320 Å². The molecule has 56 heavy (non-hydrogen) atoms. The minimum Gasteiger partial charge on any atom is -0.308 e. The molecule has 0 aliphatic heterocycles. The van der Waals surface area contributed by atoms with Crippen LogP contribution in [0.3, 0.4) is 0 Å². The van der Waals surface area contributed by atoms with Gasteiger partial charge in [-0.1, -0.05) is 66.7 Å². The number of hydrogen-bond donors (Lipinski definition) is 0. The van der Waals surface area contributed by atoms with Crippen LogP contribution in [0.4, 0.5) is 11.4 Å². The van der Waals surface area contributed by atoms with Crippen LogP contribution in [0.5, 0.6) is 0 Å². The van der Waals surface area contributed by atoms with Crippen LogP contribution in [-0.2, 0) is 6.42 Å².